The topological polar surface area (TPSA) is 89.6 Å². The first-order valence-electron chi connectivity index (χ1n) is 5.73. The molecule has 2 aromatic carbocycles. The number of para-hydroxylation sites is 1. The van der Waals surface area contributed by atoms with Gasteiger partial charge in [0.25, 0.3) is 0 Å². The second kappa shape index (κ2) is 5.77. The molecule has 0 aromatic heterocycles. The van der Waals surface area contributed by atoms with Crippen molar-refractivity contribution < 1.29 is 17.2 Å². The summed E-state index contributed by atoms with van der Waals surface area (Å²) in [5, 5.41) is 0. The van der Waals surface area contributed by atoms with E-state index < -0.39 is 10.4 Å². The van der Waals surface area contributed by atoms with Crippen LogP contribution >= 0.6 is 0 Å². The normalized spacial score (nSPS) is 11.7. The predicted octanol–water partition coefficient (Wildman–Crippen LogP) is 2.62. The van der Waals surface area contributed by atoms with Gasteiger partial charge in [0, 0.05) is 11.3 Å². The van der Waals surface area contributed by atoms with Crippen molar-refractivity contribution in [1.82, 2.24) is 0 Å². The monoisotopic (exact) mass is 291 g/mol. The minimum atomic E-state index is -4.54. The Hall–Kier alpha value is -2.31. The summed E-state index contributed by atoms with van der Waals surface area (Å²) in [4.78, 5) is 0. The fourth-order valence-corrected chi connectivity index (χ4v) is 1.98. The van der Waals surface area contributed by atoms with Crippen molar-refractivity contribution in [3.8, 4) is 5.75 Å². The summed E-state index contributed by atoms with van der Waals surface area (Å²) in [7, 11) is -4.54. The van der Waals surface area contributed by atoms with Crippen LogP contribution in [0, 0.1) is 0 Å². The molecule has 3 N–H and O–H groups in total. The minimum Gasteiger partial charge on any atom is -0.399 e. The lowest BCUT2D eigenvalue weighted by atomic mass is 10.1. The Morgan fingerprint density at radius 1 is 1.00 bits per heavy atom. The molecule has 0 atom stereocenters. The van der Waals surface area contributed by atoms with Gasteiger partial charge in [-0.15, -0.1) is 0 Å². The third-order valence-electron chi connectivity index (χ3n) is 2.51. The van der Waals surface area contributed by atoms with Crippen molar-refractivity contribution in [2.45, 2.75) is 0 Å². The van der Waals surface area contributed by atoms with Gasteiger partial charge in [0.1, 0.15) is 0 Å². The summed E-state index contributed by atoms with van der Waals surface area (Å²) in [6.07, 6.45) is 3.47. The van der Waals surface area contributed by atoms with E-state index in [0.29, 0.717) is 11.3 Å². The number of anilines is 1. The van der Waals surface area contributed by atoms with Crippen molar-refractivity contribution in [3.05, 3.63) is 59.7 Å². The van der Waals surface area contributed by atoms with Crippen LogP contribution in [0.1, 0.15) is 11.1 Å². The Balaban J connectivity index is 2.27. The molecule has 0 amide bonds. The van der Waals surface area contributed by atoms with Crippen LogP contribution in [-0.2, 0) is 10.4 Å². The lowest BCUT2D eigenvalue weighted by molar-refractivity contribution is 0.386. The van der Waals surface area contributed by atoms with Gasteiger partial charge in [0.05, 0.1) is 0 Å². The fourth-order valence-electron chi connectivity index (χ4n) is 1.60. The van der Waals surface area contributed by atoms with E-state index in [0.717, 1.165) is 5.56 Å². The van der Waals surface area contributed by atoms with E-state index >= 15 is 0 Å². The number of benzene rings is 2. The van der Waals surface area contributed by atoms with Gasteiger partial charge < -0.3 is 9.92 Å². The van der Waals surface area contributed by atoms with Crippen molar-refractivity contribution in [3.63, 3.8) is 0 Å². The molecule has 2 rings (SSSR count). The van der Waals surface area contributed by atoms with E-state index in [4.69, 9.17) is 10.3 Å². The summed E-state index contributed by atoms with van der Waals surface area (Å²) in [5.41, 5.74) is 7.69. The average Bonchev–Trinajstić information content (AvgIpc) is 2.38. The molecule has 0 aliphatic carbocycles. The highest BCUT2D eigenvalue weighted by molar-refractivity contribution is 7.81. The molecule has 0 fully saturated rings. The van der Waals surface area contributed by atoms with Crippen LogP contribution in [0.2, 0.25) is 0 Å². The number of rotatable bonds is 4. The third kappa shape index (κ3) is 4.11. The predicted molar refractivity (Wildman–Crippen MR) is 78.4 cm³/mol. The zero-order valence-electron chi connectivity index (χ0n) is 10.4. The maximum Gasteiger partial charge on any atom is 0.446 e. The molecule has 0 bridgehead atoms. The van der Waals surface area contributed by atoms with E-state index in [1.165, 1.54) is 6.07 Å². The van der Waals surface area contributed by atoms with Crippen molar-refractivity contribution in [2.75, 3.05) is 5.73 Å². The van der Waals surface area contributed by atoms with E-state index in [9.17, 15) is 8.42 Å². The molecule has 104 valence electrons. The van der Waals surface area contributed by atoms with Gasteiger partial charge in [-0.2, -0.15) is 8.42 Å². The van der Waals surface area contributed by atoms with E-state index in [1.54, 1.807) is 42.5 Å². The van der Waals surface area contributed by atoms with Crippen LogP contribution in [0.15, 0.2) is 48.5 Å². The molecule has 0 spiro atoms. The highest BCUT2D eigenvalue weighted by Gasteiger charge is 2.09. The molecule has 5 nitrogen and oxygen atoms in total. The molecular formula is C14H13NO4S. The average molecular weight is 291 g/mol. The number of hydrogen-bond acceptors (Lipinski definition) is 4. The largest absolute Gasteiger partial charge is 0.446 e. The lowest BCUT2D eigenvalue weighted by Gasteiger charge is -2.04. The molecule has 2 aromatic rings. The summed E-state index contributed by atoms with van der Waals surface area (Å²) in [6, 6.07) is 13.7. The van der Waals surface area contributed by atoms with Crippen molar-refractivity contribution in [2.24, 2.45) is 0 Å². The standard InChI is InChI=1S/C14H13NO4S/c15-13-9-6-11(7-10-13)5-8-12-3-1-2-4-14(12)19-20(16,17)18/h1-10H,15H2,(H,16,17,18). The van der Waals surface area contributed by atoms with Crippen LogP contribution in [0.25, 0.3) is 12.2 Å². The molecule has 0 saturated carbocycles. The highest BCUT2D eigenvalue weighted by atomic mass is 32.3. The van der Waals surface area contributed by atoms with Gasteiger partial charge in [0.2, 0.25) is 0 Å². The minimum absolute atomic E-state index is 0.0571. The van der Waals surface area contributed by atoms with Gasteiger partial charge in [-0.1, -0.05) is 42.5 Å². The molecular weight excluding hydrogens is 278 g/mol. The molecule has 6 heteroatoms. The van der Waals surface area contributed by atoms with E-state index in [1.807, 2.05) is 12.1 Å². The second-order valence-electron chi connectivity index (χ2n) is 4.05. The Kier molecular flexibility index (Phi) is 4.07. The maximum absolute atomic E-state index is 10.8. The number of hydrogen-bond donors (Lipinski definition) is 2. The third-order valence-corrected chi connectivity index (χ3v) is 2.90. The van der Waals surface area contributed by atoms with Crippen molar-refractivity contribution in [1.29, 1.82) is 0 Å². The summed E-state index contributed by atoms with van der Waals surface area (Å²) in [6.45, 7) is 0. The van der Waals surface area contributed by atoms with Crippen LogP contribution in [0.3, 0.4) is 0 Å². The lowest BCUT2D eigenvalue weighted by Crippen LogP contribution is -2.07. The maximum atomic E-state index is 10.8. The SMILES string of the molecule is Nc1ccc(C=Cc2ccccc2OS(=O)(=O)O)cc1. The Bertz CT molecular complexity index is 721. The van der Waals surface area contributed by atoms with Crippen LogP contribution < -0.4 is 9.92 Å². The first-order chi connectivity index (χ1) is 9.44. The molecule has 0 unspecified atom stereocenters. The quantitative estimate of drug-likeness (QED) is 0.513. The summed E-state index contributed by atoms with van der Waals surface area (Å²) in [5.74, 6) is 0.0571. The molecule has 20 heavy (non-hydrogen) atoms. The van der Waals surface area contributed by atoms with Crippen LogP contribution in [0.4, 0.5) is 5.69 Å². The van der Waals surface area contributed by atoms with E-state index in [2.05, 4.69) is 4.18 Å². The van der Waals surface area contributed by atoms with Crippen molar-refractivity contribution >= 4 is 28.2 Å². The van der Waals surface area contributed by atoms with E-state index in [-0.39, 0.29) is 5.75 Å². The van der Waals surface area contributed by atoms with Gasteiger partial charge in [-0.3, -0.25) is 4.55 Å². The summed E-state index contributed by atoms with van der Waals surface area (Å²) < 4.78 is 34.7. The van der Waals surface area contributed by atoms with Crippen LogP contribution in [0.5, 0.6) is 5.75 Å². The first kappa shape index (κ1) is 14.1. The summed E-state index contributed by atoms with van der Waals surface area (Å²) >= 11 is 0. The first-order valence-corrected chi connectivity index (χ1v) is 7.10. The smallest absolute Gasteiger partial charge is 0.399 e. The highest BCUT2D eigenvalue weighted by Crippen LogP contribution is 2.22. The van der Waals surface area contributed by atoms with Gasteiger partial charge in [-0.25, -0.2) is 0 Å². The Morgan fingerprint density at radius 3 is 2.30 bits per heavy atom. The molecule has 0 heterocycles. The van der Waals surface area contributed by atoms with Gasteiger partial charge >= 0.3 is 10.4 Å². The molecule has 0 aliphatic heterocycles. The molecule has 0 aliphatic rings. The molecule has 0 saturated heterocycles. The Morgan fingerprint density at radius 2 is 1.65 bits per heavy atom. The molecule has 0 radical (unpaired) electrons. The Labute approximate surface area is 117 Å². The second-order valence-corrected chi connectivity index (χ2v) is 5.07. The van der Waals surface area contributed by atoms with Gasteiger partial charge in [0.15, 0.2) is 5.75 Å². The zero-order valence-corrected chi connectivity index (χ0v) is 11.2. The number of nitrogen functional groups attached to an aromatic ring is 1. The van der Waals surface area contributed by atoms with Gasteiger partial charge in [-0.05, 0) is 23.8 Å². The zero-order chi connectivity index (χ0) is 14.6. The van der Waals surface area contributed by atoms with Crippen LogP contribution in [-0.4, -0.2) is 13.0 Å². The number of nitrogens with two attached hydrogens (primary N) is 1. The fraction of sp³-hybridized carbons (Fsp3) is 0.